The second-order valence-corrected chi connectivity index (χ2v) is 7.04. The molecule has 1 aliphatic rings. The van der Waals surface area contributed by atoms with Crippen molar-refractivity contribution in [2.24, 2.45) is 5.92 Å². The fourth-order valence-corrected chi connectivity index (χ4v) is 3.82. The van der Waals surface area contributed by atoms with E-state index in [-0.39, 0.29) is 30.2 Å². The molecule has 28 heavy (non-hydrogen) atoms. The van der Waals surface area contributed by atoms with Crippen LogP contribution in [0.4, 0.5) is 0 Å². The summed E-state index contributed by atoms with van der Waals surface area (Å²) < 4.78 is 5.23. The van der Waals surface area contributed by atoms with E-state index in [0.717, 1.165) is 17.0 Å². The van der Waals surface area contributed by atoms with E-state index in [2.05, 4.69) is 4.98 Å². The van der Waals surface area contributed by atoms with E-state index in [1.807, 2.05) is 49.4 Å². The number of pyridine rings is 1. The van der Waals surface area contributed by atoms with Crippen molar-refractivity contribution >= 4 is 11.8 Å². The van der Waals surface area contributed by atoms with Gasteiger partial charge < -0.3 is 14.5 Å². The molecule has 0 spiro atoms. The molecule has 1 fully saturated rings. The van der Waals surface area contributed by atoms with Crippen molar-refractivity contribution in [2.45, 2.75) is 25.8 Å². The highest BCUT2D eigenvalue weighted by Gasteiger charge is 2.44. The summed E-state index contributed by atoms with van der Waals surface area (Å²) >= 11 is 0. The van der Waals surface area contributed by atoms with Crippen LogP contribution in [0.2, 0.25) is 0 Å². The Morgan fingerprint density at radius 1 is 1.25 bits per heavy atom. The minimum Gasteiger partial charge on any atom is -0.497 e. The highest BCUT2D eigenvalue weighted by atomic mass is 16.5. The van der Waals surface area contributed by atoms with Gasteiger partial charge in [-0.15, -0.1) is 0 Å². The summed E-state index contributed by atoms with van der Waals surface area (Å²) in [5, 5.41) is 0. The summed E-state index contributed by atoms with van der Waals surface area (Å²) in [6.45, 7) is 3.10. The minimum atomic E-state index is -0.380. The lowest BCUT2D eigenvalue weighted by Crippen LogP contribution is -2.37. The fraction of sp³-hybridized carbons (Fsp3) is 0.409. The van der Waals surface area contributed by atoms with Crippen LogP contribution in [0.15, 0.2) is 48.7 Å². The summed E-state index contributed by atoms with van der Waals surface area (Å²) in [5.41, 5.74) is 1.91. The Morgan fingerprint density at radius 3 is 2.61 bits per heavy atom. The predicted molar refractivity (Wildman–Crippen MR) is 107 cm³/mol. The normalized spacial score (nSPS) is 19.0. The largest absolute Gasteiger partial charge is 0.497 e. The number of rotatable bonds is 7. The number of aromatic nitrogens is 1. The van der Waals surface area contributed by atoms with Gasteiger partial charge >= 0.3 is 0 Å². The van der Waals surface area contributed by atoms with Crippen LogP contribution in [0.1, 0.15) is 30.6 Å². The van der Waals surface area contributed by atoms with Crippen LogP contribution in [0.25, 0.3) is 0 Å². The van der Waals surface area contributed by atoms with Gasteiger partial charge in [-0.3, -0.25) is 14.6 Å². The van der Waals surface area contributed by atoms with E-state index in [0.29, 0.717) is 19.5 Å². The van der Waals surface area contributed by atoms with Crippen molar-refractivity contribution < 1.29 is 14.3 Å². The lowest BCUT2D eigenvalue weighted by Gasteiger charge is -2.29. The van der Waals surface area contributed by atoms with Gasteiger partial charge in [-0.1, -0.05) is 18.2 Å². The molecule has 0 bridgehead atoms. The average molecular weight is 381 g/mol. The second kappa shape index (κ2) is 8.87. The van der Waals surface area contributed by atoms with Gasteiger partial charge in [-0.05, 0) is 36.8 Å². The van der Waals surface area contributed by atoms with Gasteiger partial charge in [-0.2, -0.15) is 0 Å². The maximum atomic E-state index is 13.2. The number of likely N-dealkylation sites (N-methyl/N-ethyl adjacent to an activating group) is 1. The maximum absolute atomic E-state index is 13.2. The Bertz CT molecular complexity index is 808. The first kappa shape index (κ1) is 19.9. The molecule has 0 aliphatic carbocycles. The van der Waals surface area contributed by atoms with Crippen molar-refractivity contribution in [1.82, 2.24) is 14.8 Å². The number of likely N-dealkylation sites (tertiary alicyclic amines) is 1. The molecule has 2 heterocycles. The molecule has 2 amide bonds. The van der Waals surface area contributed by atoms with Gasteiger partial charge in [0, 0.05) is 44.9 Å². The van der Waals surface area contributed by atoms with Crippen molar-refractivity contribution in [3.63, 3.8) is 0 Å². The molecule has 0 unspecified atom stereocenters. The highest BCUT2D eigenvalue weighted by molar-refractivity contribution is 5.90. The molecule has 0 radical (unpaired) electrons. The van der Waals surface area contributed by atoms with Crippen LogP contribution in [0.5, 0.6) is 5.75 Å². The molecule has 6 heteroatoms. The van der Waals surface area contributed by atoms with Crippen molar-refractivity contribution in [3.8, 4) is 5.75 Å². The van der Waals surface area contributed by atoms with Gasteiger partial charge in [0.05, 0.1) is 19.1 Å². The Balaban J connectivity index is 1.76. The van der Waals surface area contributed by atoms with Gasteiger partial charge in [0.1, 0.15) is 5.75 Å². The SMILES string of the molecule is CCN1C(=O)C[C@@H](C(=O)N(C)CCc2ccccn2)[C@@H]1c1ccc(OC)cc1. The third kappa shape index (κ3) is 4.16. The highest BCUT2D eigenvalue weighted by Crippen LogP contribution is 2.39. The number of ether oxygens (including phenoxy) is 1. The Morgan fingerprint density at radius 2 is 2.00 bits per heavy atom. The average Bonchev–Trinajstić information content (AvgIpc) is 3.08. The van der Waals surface area contributed by atoms with E-state index < -0.39 is 0 Å². The van der Waals surface area contributed by atoms with Crippen molar-refractivity contribution in [2.75, 3.05) is 27.2 Å². The Kier molecular flexibility index (Phi) is 6.29. The maximum Gasteiger partial charge on any atom is 0.228 e. The zero-order valence-corrected chi connectivity index (χ0v) is 16.7. The second-order valence-electron chi connectivity index (χ2n) is 7.04. The summed E-state index contributed by atoms with van der Waals surface area (Å²) in [7, 11) is 3.42. The third-order valence-corrected chi connectivity index (χ3v) is 5.35. The van der Waals surface area contributed by atoms with Gasteiger partial charge in [-0.25, -0.2) is 0 Å². The number of hydrogen-bond acceptors (Lipinski definition) is 4. The molecule has 148 valence electrons. The molecule has 1 aromatic heterocycles. The molecule has 6 nitrogen and oxygen atoms in total. The lowest BCUT2D eigenvalue weighted by atomic mass is 9.92. The molecular weight excluding hydrogens is 354 g/mol. The van der Waals surface area contributed by atoms with Crippen LogP contribution in [-0.4, -0.2) is 53.8 Å². The smallest absolute Gasteiger partial charge is 0.228 e. The van der Waals surface area contributed by atoms with Gasteiger partial charge in [0.25, 0.3) is 0 Å². The topological polar surface area (TPSA) is 62.7 Å². The quantitative estimate of drug-likeness (QED) is 0.740. The van der Waals surface area contributed by atoms with Crippen LogP contribution < -0.4 is 4.74 Å². The van der Waals surface area contributed by atoms with Crippen LogP contribution >= 0.6 is 0 Å². The summed E-state index contributed by atoms with van der Waals surface area (Å²) in [4.78, 5) is 33.6. The molecule has 1 saturated heterocycles. The monoisotopic (exact) mass is 381 g/mol. The van der Waals surface area contributed by atoms with Gasteiger partial charge in [0.2, 0.25) is 11.8 Å². The first-order valence-electron chi connectivity index (χ1n) is 9.63. The number of methoxy groups -OCH3 is 1. The van der Waals surface area contributed by atoms with Crippen LogP contribution in [-0.2, 0) is 16.0 Å². The standard InChI is InChI=1S/C22H27N3O3/c1-4-25-20(26)15-19(21(25)16-8-10-18(28-3)11-9-16)22(27)24(2)14-12-17-7-5-6-13-23-17/h5-11,13,19,21H,4,12,14-15H2,1-3H3/t19-,21+/m1/s1. The van der Waals surface area contributed by atoms with E-state index >= 15 is 0 Å². The van der Waals surface area contributed by atoms with E-state index in [1.54, 1.807) is 30.2 Å². The Hall–Kier alpha value is -2.89. The predicted octanol–water partition coefficient (Wildman–Crippen LogP) is 2.70. The number of benzene rings is 1. The first-order chi connectivity index (χ1) is 13.5. The summed E-state index contributed by atoms with van der Waals surface area (Å²) in [6.07, 6.45) is 2.69. The van der Waals surface area contributed by atoms with E-state index in [4.69, 9.17) is 4.74 Å². The number of amides is 2. The molecular formula is C22H27N3O3. The molecule has 0 N–H and O–H groups in total. The van der Waals surface area contributed by atoms with Crippen LogP contribution in [0.3, 0.4) is 0 Å². The minimum absolute atomic E-state index is 0.000971. The zero-order valence-electron chi connectivity index (χ0n) is 16.7. The molecule has 3 rings (SSSR count). The molecule has 1 aliphatic heterocycles. The van der Waals surface area contributed by atoms with E-state index in [9.17, 15) is 9.59 Å². The van der Waals surface area contributed by atoms with Gasteiger partial charge in [0.15, 0.2) is 0 Å². The number of carbonyl (C=O) groups excluding carboxylic acids is 2. The lowest BCUT2D eigenvalue weighted by molar-refractivity contribution is -0.135. The van der Waals surface area contributed by atoms with E-state index in [1.165, 1.54) is 0 Å². The third-order valence-electron chi connectivity index (χ3n) is 5.35. The van der Waals surface area contributed by atoms with Crippen molar-refractivity contribution in [3.05, 3.63) is 59.9 Å². The number of hydrogen-bond donors (Lipinski definition) is 0. The summed E-state index contributed by atoms with van der Waals surface area (Å²) in [5.74, 6) is 0.405. The first-order valence-corrected chi connectivity index (χ1v) is 9.63. The molecule has 0 saturated carbocycles. The molecule has 2 aromatic rings. The summed E-state index contributed by atoms with van der Waals surface area (Å²) in [6, 6.07) is 13.2. The molecule has 2 atom stereocenters. The molecule has 1 aromatic carbocycles. The number of nitrogens with zero attached hydrogens (tertiary/aromatic N) is 3. The Labute approximate surface area is 166 Å². The zero-order chi connectivity index (χ0) is 20.1. The number of carbonyl (C=O) groups is 2. The van der Waals surface area contributed by atoms with Crippen LogP contribution in [0, 0.1) is 5.92 Å². The van der Waals surface area contributed by atoms with Crippen molar-refractivity contribution in [1.29, 1.82) is 0 Å². The fourth-order valence-electron chi connectivity index (χ4n) is 3.82.